The van der Waals surface area contributed by atoms with Crippen LogP contribution in [0.4, 0.5) is 5.69 Å². The Hall–Kier alpha value is -0.540. The van der Waals surface area contributed by atoms with Crippen molar-refractivity contribution in [1.29, 1.82) is 0 Å². The van der Waals surface area contributed by atoms with Crippen LogP contribution in [0.3, 0.4) is 0 Å². The zero-order valence-electron chi connectivity index (χ0n) is 8.99. The van der Waals surface area contributed by atoms with E-state index in [-0.39, 0.29) is 0 Å². The van der Waals surface area contributed by atoms with Crippen LogP contribution in [-0.2, 0) is 0 Å². The molecule has 1 aliphatic rings. The van der Waals surface area contributed by atoms with Crippen molar-refractivity contribution in [2.75, 3.05) is 18.5 Å². The third-order valence-corrected chi connectivity index (χ3v) is 3.74. The molecule has 0 heterocycles. The average Bonchev–Trinajstić information content (AvgIpc) is 2.16. The predicted molar refractivity (Wildman–Crippen MR) is 68.1 cm³/mol. The van der Waals surface area contributed by atoms with Crippen LogP contribution in [0.15, 0.2) is 28.7 Å². The van der Waals surface area contributed by atoms with E-state index < -0.39 is 0 Å². The quantitative estimate of drug-likeness (QED) is 0.914. The van der Waals surface area contributed by atoms with Gasteiger partial charge in [0.2, 0.25) is 0 Å². The van der Waals surface area contributed by atoms with Gasteiger partial charge in [-0.05, 0) is 46.8 Å². The Morgan fingerprint density at radius 2 is 2.07 bits per heavy atom. The second-order valence-corrected chi connectivity index (χ2v) is 5.28. The highest BCUT2D eigenvalue weighted by atomic mass is 79.9. The van der Waals surface area contributed by atoms with Gasteiger partial charge in [0, 0.05) is 24.1 Å². The molecule has 2 nitrogen and oxygen atoms in total. The van der Waals surface area contributed by atoms with Crippen molar-refractivity contribution >= 4 is 21.6 Å². The number of nitrogens with zero attached hydrogens (tertiary/aromatic N) is 1. The molecule has 0 radical (unpaired) electrons. The van der Waals surface area contributed by atoms with E-state index in [0.29, 0.717) is 6.04 Å². The van der Waals surface area contributed by atoms with E-state index >= 15 is 0 Å². The summed E-state index contributed by atoms with van der Waals surface area (Å²) in [6.45, 7) is 1.11. The van der Waals surface area contributed by atoms with E-state index in [1.165, 1.54) is 18.5 Å². The highest BCUT2D eigenvalue weighted by Gasteiger charge is 2.26. The molecule has 0 bridgehead atoms. The summed E-state index contributed by atoms with van der Waals surface area (Å²) in [5.74, 6) is 0.775. The zero-order chi connectivity index (χ0) is 10.8. The van der Waals surface area contributed by atoms with Gasteiger partial charge in [-0.1, -0.05) is 12.1 Å². The fourth-order valence-electron chi connectivity index (χ4n) is 2.18. The molecule has 0 atom stereocenters. The summed E-state index contributed by atoms with van der Waals surface area (Å²) in [5.41, 5.74) is 7.05. The normalized spacial score (nSPS) is 24.7. The zero-order valence-corrected chi connectivity index (χ0v) is 10.6. The molecule has 0 spiro atoms. The Morgan fingerprint density at radius 3 is 2.67 bits per heavy atom. The smallest absolute Gasteiger partial charge is 0.0508 e. The van der Waals surface area contributed by atoms with Gasteiger partial charge in [-0.3, -0.25) is 0 Å². The molecule has 0 aromatic heterocycles. The van der Waals surface area contributed by atoms with Crippen LogP contribution in [0.1, 0.15) is 12.8 Å². The molecule has 82 valence electrons. The lowest BCUT2D eigenvalue weighted by Gasteiger charge is -2.36. The first-order valence-corrected chi connectivity index (χ1v) is 6.17. The third kappa shape index (κ3) is 2.52. The molecule has 1 aromatic carbocycles. The van der Waals surface area contributed by atoms with Gasteiger partial charge in [0.25, 0.3) is 0 Å². The van der Waals surface area contributed by atoms with Gasteiger partial charge < -0.3 is 10.6 Å². The lowest BCUT2D eigenvalue weighted by atomic mass is 9.80. The molecule has 1 aromatic rings. The summed E-state index contributed by atoms with van der Waals surface area (Å²) in [7, 11) is 2.14. The van der Waals surface area contributed by atoms with Gasteiger partial charge in [-0.25, -0.2) is 0 Å². The number of hydrogen-bond donors (Lipinski definition) is 1. The molecule has 0 amide bonds. The highest BCUT2D eigenvalue weighted by molar-refractivity contribution is 9.10. The number of rotatable bonds is 3. The molecular weight excluding hydrogens is 252 g/mol. The van der Waals surface area contributed by atoms with Gasteiger partial charge in [-0.15, -0.1) is 0 Å². The summed E-state index contributed by atoms with van der Waals surface area (Å²) in [6.07, 6.45) is 2.35. The summed E-state index contributed by atoms with van der Waals surface area (Å²) in [4.78, 5) is 2.31. The van der Waals surface area contributed by atoms with Crippen molar-refractivity contribution in [2.24, 2.45) is 11.7 Å². The first-order chi connectivity index (χ1) is 7.16. The van der Waals surface area contributed by atoms with Gasteiger partial charge in [0.15, 0.2) is 0 Å². The Morgan fingerprint density at radius 1 is 1.40 bits per heavy atom. The summed E-state index contributed by atoms with van der Waals surface area (Å²) in [5, 5.41) is 0. The molecule has 3 heteroatoms. The monoisotopic (exact) mass is 268 g/mol. The molecular formula is C12H17BrN2. The second-order valence-electron chi connectivity index (χ2n) is 4.43. The second kappa shape index (κ2) is 4.54. The minimum absolute atomic E-state index is 0.447. The van der Waals surface area contributed by atoms with Crippen molar-refractivity contribution in [2.45, 2.75) is 18.9 Å². The van der Waals surface area contributed by atoms with Crippen LogP contribution < -0.4 is 10.6 Å². The van der Waals surface area contributed by atoms with Crippen LogP contribution in [0.25, 0.3) is 0 Å². The van der Waals surface area contributed by atoms with Gasteiger partial charge in [0.1, 0.15) is 0 Å². The lowest BCUT2D eigenvalue weighted by Crippen LogP contribution is -2.41. The van der Waals surface area contributed by atoms with E-state index in [0.717, 1.165) is 16.9 Å². The highest BCUT2D eigenvalue weighted by Crippen LogP contribution is 2.30. The number of halogens is 1. The number of nitrogens with two attached hydrogens (primary N) is 1. The molecule has 1 aliphatic carbocycles. The SMILES string of the molecule is CN(CC1CC(N)C1)c1ccccc1Br. The van der Waals surface area contributed by atoms with Gasteiger partial charge in [0.05, 0.1) is 5.69 Å². The number of anilines is 1. The third-order valence-electron chi connectivity index (χ3n) is 3.07. The van der Waals surface area contributed by atoms with Crippen molar-refractivity contribution < 1.29 is 0 Å². The molecule has 0 saturated heterocycles. The molecule has 1 fully saturated rings. The number of para-hydroxylation sites is 1. The maximum absolute atomic E-state index is 5.79. The van der Waals surface area contributed by atoms with E-state index in [1.807, 2.05) is 6.07 Å². The van der Waals surface area contributed by atoms with E-state index in [9.17, 15) is 0 Å². The standard InChI is InChI=1S/C12H17BrN2/c1-15(8-9-6-10(14)7-9)12-5-3-2-4-11(12)13/h2-5,9-10H,6-8,14H2,1H3. The van der Waals surface area contributed by atoms with Gasteiger partial charge >= 0.3 is 0 Å². The lowest BCUT2D eigenvalue weighted by molar-refractivity contribution is 0.271. The number of benzene rings is 1. The fourth-order valence-corrected chi connectivity index (χ4v) is 2.77. The van der Waals surface area contributed by atoms with Crippen molar-refractivity contribution in [1.82, 2.24) is 0 Å². The first kappa shape index (κ1) is 11.0. The topological polar surface area (TPSA) is 29.3 Å². The predicted octanol–water partition coefficient (Wildman–Crippen LogP) is 2.62. The minimum Gasteiger partial charge on any atom is -0.373 e. The molecule has 1 saturated carbocycles. The molecule has 15 heavy (non-hydrogen) atoms. The Balaban J connectivity index is 1.96. The summed E-state index contributed by atoms with van der Waals surface area (Å²) in [6, 6.07) is 8.78. The van der Waals surface area contributed by atoms with Gasteiger partial charge in [-0.2, -0.15) is 0 Å². The minimum atomic E-state index is 0.447. The largest absolute Gasteiger partial charge is 0.373 e. The van der Waals surface area contributed by atoms with Crippen LogP contribution in [0, 0.1) is 5.92 Å². The van der Waals surface area contributed by atoms with Crippen LogP contribution in [0.2, 0.25) is 0 Å². The summed E-state index contributed by atoms with van der Waals surface area (Å²) < 4.78 is 1.16. The molecule has 2 rings (SSSR count). The van der Waals surface area contributed by atoms with Crippen molar-refractivity contribution in [3.63, 3.8) is 0 Å². The van der Waals surface area contributed by atoms with Crippen LogP contribution in [0.5, 0.6) is 0 Å². The Bertz CT molecular complexity index is 334. The number of hydrogen-bond acceptors (Lipinski definition) is 2. The van der Waals surface area contributed by atoms with Crippen LogP contribution >= 0.6 is 15.9 Å². The fraction of sp³-hybridized carbons (Fsp3) is 0.500. The van der Waals surface area contributed by atoms with Crippen molar-refractivity contribution in [3.05, 3.63) is 28.7 Å². The first-order valence-electron chi connectivity index (χ1n) is 5.38. The average molecular weight is 269 g/mol. The maximum Gasteiger partial charge on any atom is 0.0508 e. The van der Waals surface area contributed by atoms with Crippen LogP contribution in [-0.4, -0.2) is 19.6 Å². The maximum atomic E-state index is 5.79. The molecule has 0 unspecified atom stereocenters. The van der Waals surface area contributed by atoms with E-state index in [4.69, 9.17) is 5.73 Å². The molecule has 0 aliphatic heterocycles. The summed E-state index contributed by atoms with van der Waals surface area (Å²) >= 11 is 3.57. The Labute approximate surface area is 99.6 Å². The van der Waals surface area contributed by atoms with Crippen molar-refractivity contribution in [3.8, 4) is 0 Å². The Kier molecular flexibility index (Phi) is 3.32. The van der Waals surface area contributed by atoms with E-state index in [2.05, 4.69) is 46.1 Å². The van der Waals surface area contributed by atoms with E-state index in [1.54, 1.807) is 0 Å². The molecule has 2 N–H and O–H groups in total.